The molecule has 0 radical (unpaired) electrons. The molecule has 4 aromatic carbocycles. The van der Waals surface area contributed by atoms with Crippen LogP contribution < -0.4 is 0 Å². The minimum absolute atomic E-state index is 0.0825. The first-order chi connectivity index (χ1) is 20.6. The lowest BCUT2D eigenvalue weighted by atomic mass is 9.82. The molecule has 0 heterocycles. The second-order valence-corrected chi connectivity index (χ2v) is 9.81. The molecule has 42 heavy (non-hydrogen) atoms. The Hall–Kier alpha value is -6.96. The monoisotopic (exact) mass is 528 g/mol. The van der Waals surface area contributed by atoms with Crippen LogP contribution in [0.2, 0.25) is 0 Å². The van der Waals surface area contributed by atoms with Gasteiger partial charge in [-0.1, -0.05) is 72.8 Å². The van der Waals surface area contributed by atoms with Gasteiger partial charge in [-0.3, -0.25) is 0 Å². The molecule has 0 fully saturated rings. The largest absolute Gasteiger partial charge is 0.192 e. The number of benzene rings is 4. The summed E-state index contributed by atoms with van der Waals surface area (Å²) in [5.41, 5.74) is 9.39. The lowest BCUT2D eigenvalue weighted by Gasteiger charge is -2.18. The lowest BCUT2D eigenvalue weighted by molar-refractivity contribution is 1.45. The molecule has 3 aliphatic rings. The maximum absolute atomic E-state index is 10.1. The second-order valence-electron chi connectivity index (χ2n) is 9.81. The van der Waals surface area contributed by atoms with E-state index in [0.29, 0.717) is 66.8 Å². The Labute approximate surface area is 240 Å². The van der Waals surface area contributed by atoms with Gasteiger partial charge in [0.25, 0.3) is 0 Å². The van der Waals surface area contributed by atoms with Gasteiger partial charge in [0.1, 0.15) is 53.1 Å². The number of rotatable bonds is 0. The van der Waals surface area contributed by atoms with Crippen LogP contribution in [0.25, 0.3) is 50.1 Å². The van der Waals surface area contributed by atoms with Crippen molar-refractivity contribution in [1.29, 1.82) is 31.6 Å². The number of hydrogen-bond acceptors (Lipinski definition) is 6. The molecule has 0 amide bonds. The van der Waals surface area contributed by atoms with E-state index in [0.717, 1.165) is 16.7 Å². The molecule has 3 aliphatic carbocycles. The highest BCUT2D eigenvalue weighted by atomic mass is 14.5. The van der Waals surface area contributed by atoms with Gasteiger partial charge in [0.2, 0.25) is 0 Å². The molecule has 6 nitrogen and oxygen atoms in total. The van der Waals surface area contributed by atoms with E-state index in [4.69, 9.17) is 0 Å². The van der Waals surface area contributed by atoms with Gasteiger partial charge in [-0.25, -0.2) is 0 Å². The topological polar surface area (TPSA) is 143 Å². The maximum Gasteiger partial charge on any atom is 0.138 e. The van der Waals surface area contributed by atoms with Crippen molar-refractivity contribution in [1.82, 2.24) is 0 Å². The minimum Gasteiger partial charge on any atom is -0.192 e. The number of hydrogen-bond donors (Lipinski definition) is 0. The molecule has 0 saturated heterocycles. The van der Waals surface area contributed by atoms with Gasteiger partial charge in [0, 0.05) is 33.4 Å². The standard InChI is InChI=1S/C36H12N6/c37-13-19(14-38)28-22-7-1-4-10-25(22)31-34(28)32-26-11-5-2-8-23(26)30(21(17-41)18-42)36(32)33-27-12-6-3-9-24(27)29(35(31)33)20(15-39)16-40/h1-12H. The molecule has 0 aromatic heterocycles. The molecule has 0 N–H and O–H groups in total. The summed E-state index contributed by atoms with van der Waals surface area (Å²) in [6, 6.07) is 34.8. The van der Waals surface area contributed by atoms with E-state index in [-0.39, 0.29) is 16.7 Å². The minimum atomic E-state index is -0.0825. The van der Waals surface area contributed by atoms with Crippen molar-refractivity contribution in [3.05, 3.63) is 123 Å². The average molecular weight is 529 g/mol. The van der Waals surface area contributed by atoms with Crippen molar-refractivity contribution in [2.45, 2.75) is 0 Å². The van der Waals surface area contributed by atoms with Gasteiger partial charge in [-0.15, -0.1) is 0 Å². The van der Waals surface area contributed by atoms with Crippen LogP contribution in [0.15, 0.2) is 89.5 Å². The Morgan fingerprint density at radius 2 is 0.524 bits per heavy atom. The number of nitriles is 6. The summed E-state index contributed by atoms with van der Waals surface area (Å²) in [6.07, 6.45) is 0. The highest BCUT2D eigenvalue weighted by Crippen LogP contribution is 2.64. The predicted octanol–water partition coefficient (Wildman–Crippen LogP) is 7.17. The van der Waals surface area contributed by atoms with Crippen molar-refractivity contribution in [3.63, 3.8) is 0 Å². The Kier molecular flexibility index (Phi) is 5.04. The molecule has 0 bridgehead atoms. The average Bonchev–Trinajstić information content (AvgIpc) is 3.66. The van der Waals surface area contributed by atoms with Crippen molar-refractivity contribution in [3.8, 4) is 69.8 Å². The van der Waals surface area contributed by atoms with Gasteiger partial charge in [0.15, 0.2) is 0 Å². The normalized spacial score (nSPS) is 12.0. The zero-order valence-electron chi connectivity index (χ0n) is 21.6. The molecule has 0 atom stereocenters. The first-order valence-corrected chi connectivity index (χ1v) is 12.8. The second kappa shape index (κ2) is 8.78. The Morgan fingerprint density at radius 3 is 0.738 bits per heavy atom. The summed E-state index contributed by atoms with van der Waals surface area (Å²) in [5.74, 6) is 0. The SMILES string of the molecule is N#CC(C#N)=C1c2ccccc2-c2c1c1c(c3c2C(=C(C#N)C#N)c2ccccc2-3)C(=C(C#N)C#N)c2ccccc2-1. The van der Waals surface area contributed by atoms with Gasteiger partial charge in [-0.2, -0.15) is 31.6 Å². The van der Waals surface area contributed by atoms with Crippen molar-refractivity contribution in [2.24, 2.45) is 0 Å². The molecule has 6 heteroatoms. The predicted molar refractivity (Wildman–Crippen MR) is 154 cm³/mol. The van der Waals surface area contributed by atoms with Crippen LogP contribution in [0.4, 0.5) is 0 Å². The molecule has 7 rings (SSSR count). The fraction of sp³-hybridized carbons (Fsp3) is 0. The Morgan fingerprint density at radius 1 is 0.310 bits per heavy atom. The third-order valence-electron chi connectivity index (χ3n) is 8.07. The lowest BCUT2D eigenvalue weighted by Crippen LogP contribution is -1.99. The summed E-state index contributed by atoms with van der Waals surface area (Å²) in [4.78, 5) is 0. The molecule has 0 aliphatic heterocycles. The molecule has 0 saturated carbocycles. The quantitative estimate of drug-likeness (QED) is 0.191. The fourth-order valence-electron chi connectivity index (χ4n) is 6.66. The fourth-order valence-corrected chi connectivity index (χ4v) is 6.66. The summed E-state index contributed by atoms with van der Waals surface area (Å²) < 4.78 is 0. The van der Waals surface area contributed by atoms with Gasteiger partial charge in [-0.05, 0) is 50.1 Å². The van der Waals surface area contributed by atoms with Crippen LogP contribution in [0.5, 0.6) is 0 Å². The first-order valence-electron chi connectivity index (χ1n) is 12.8. The smallest absolute Gasteiger partial charge is 0.138 e. The first kappa shape index (κ1) is 24.1. The molecule has 186 valence electrons. The molecule has 4 aromatic rings. The van der Waals surface area contributed by atoms with E-state index in [2.05, 4.69) is 36.4 Å². The van der Waals surface area contributed by atoms with Crippen LogP contribution >= 0.6 is 0 Å². The number of allylic oxidation sites excluding steroid dienone is 3. The van der Waals surface area contributed by atoms with Crippen LogP contribution in [-0.4, -0.2) is 0 Å². The van der Waals surface area contributed by atoms with Crippen molar-refractivity contribution < 1.29 is 0 Å². The van der Waals surface area contributed by atoms with Crippen LogP contribution in [0.1, 0.15) is 33.4 Å². The molecular weight excluding hydrogens is 516 g/mol. The molecule has 0 unspecified atom stereocenters. The van der Waals surface area contributed by atoms with Crippen molar-refractivity contribution in [2.75, 3.05) is 0 Å². The van der Waals surface area contributed by atoms with E-state index < -0.39 is 0 Å². The van der Waals surface area contributed by atoms with E-state index in [9.17, 15) is 31.6 Å². The third kappa shape index (κ3) is 2.80. The maximum atomic E-state index is 10.1. The van der Waals surface area contributed by atoms with Gasteiger partial charge >= 0.3 is 0 Å². The zero-order chi connectivity index (χ0) is 29.1. The van der Waals surface area contributed by atoms with Crippen molar-refractivity contribution >= 4 is 16.7 Å². The summed E-state index contributed by atoms with van der Waals surface area (Å²) in [6.45, 7) is 0. The van der Waals surface area contributed by atoms with E-state index in [1.54, 1.807) is 0 Å². The Bertz CT molecular complexity index is 2020. The van der Waals surface area contributed by atoms with Crippen LogP contribution in [0, 0.1) is 68.0 Å². The van der Waals surface area contributed by atoms with E-state index in [1.807, 2.05) is 72.8 Å². The van der Waals surface area contributed by atoms with E-state index >= 15 is 0 Å². The van der Waals surface area contributed by atoms with Crippen LogP contribution in [-0.2, 0) is 0 Å². The van der Waals surface area contributed by atoms with E-state index in [1.165, 1.54) is 0 Å². The number of nitrogens with zero attached hydrogens (tertiary/aromatic N) is 6. The van der Waals surface area contributed by atoms with Crippen LogP contribution in [0.3, 0.4) is 0 Å². The summed E-state index contributed by atoms with van der Waals surface area (Å²) in [7, 11) is 0. The number of fused-ring (bicyclic) bond motifs is 12. The van der Waals surface area contributed by atoms with Gasteiger partial charge in [0.05, 0.1) is 0 Å². The zero-order valence-corrected chi connectivity index (χ0v) is 21.6. The highest BCUT2D eigenvalue weighted by molar-refractivity contribution is 6.24. The Balaban J connectivity index is 1.88. The summed E-state index contributed by atoms with van der Waals surface area (Å²) in [5, 5.41) is 60.8. The molecular formula is C36H12N6. The summed E-state index contributed by atoms with van der Waals surface area (Å²) >= 11 is 0. The highest BCUT2D eigenvalue weighted by Gasteiger charge is 2.44. The third-order valence-corrected chi connectivity index (χ3v) is 8.07. The molecule has 0 spiro atoms. The van der Waals surface area contributed by atoms with Gasteiger partial charge < -0.3 is 0 Å².